The smallest absolute Gasteiger partial charge is 0.249 e. The van der Waals surface area contributed by atoms with Crippen LogP contribution in [0.3, 0.4) is 0 Å². The molecule has 2 aliphatic rings. The third-order valence-corrected chi connectivity index (χ3v) is 30.2. The Kier molecular flexibility index (Phi) is 15.0. The Morgan fingerprint density at radius 2 is 0.624 bits per heavy atom. The van der Waals surface area contributed by atoms with Crippen molar-refractivity contribution in [2.75, 3.05) is 4.90 Å². The van der Waals surface area contributed by atoms with Gasteiger partial charge in [-0.3, -0.25) is 0 Å². The summed E-state index contributed by atoms with van der Waals surface area (Å²) in [6.45, 7) is 7.06. The number of rotatable bonds is 13. The lowest BCUT2D eigenvalue weighted by Gasteiger charge is -2.43. The molecule has 14 aromatic rings. The molecule has 0 atom stereocenters. The van der Waals surface area contributed by atoms with E-state index in [1.165, 1.54) is 129 Å². The summed E-state index contributed by atoms with van der Waals surface area (Å²) < 4.78 is 0. The molecule has 0 bridgehead atoms. The maximum atomic E-state index is 2.68. The summed E-state index contributed by atoms with van der Waals surface area (Å²) >= 11 is 1.97. The highest BCUT2D eigenvalue weighted by atomic mass is 32.2. The van der Waals surface area contributed by atoms with E-state index >= 15 is 0 Å². The van der Waals surface area contributed by atoms with Gasteiger partial charge in [-0.15, -0.1) is 0 Å². The molecule has 1 nitrogen and oxygen atoms in total. The lowest BCUT2D eigenvalue weighted by molar-refractivity contribution is 0.589. The molecule has 2 aliphatic heterocycles. The van der Waals surface area contributed by atoms with Gasteiger partial charge in [0.1, 0.15) is 0 Å². The quantitative estimate of drug-likeness (QED) is 0.0836. The minimum Gasteiger partial charge on any atom is -0.311 e. The summed E-state index contributed by atoms with van der Waals surface area (Å²) in [7, 11) is -6.24. The van der Waals surface area contributed by atoms with Crippen LogP contribution in [0.4, 0.5) is 17.1 Å². The van der Waals surface area contributed by atoms with Gasteiger partial charge in [-0.2, -0.15) is 0 Å². The monoisotopic (exact) mass is 1240 g/mol. The zero-order chi connectivity index (χ0) is 62.5. The molecule has 0 radical (unpaired) electrons. The van der Waals surface area contributed by atoms with E-state index in [2.05, 4.69) is 384 Å². The SMILES string of the molecule is CC(C)(C)c1cc2c3c(c1)N(c1cc(-c4ccccc4)cc(-c4ccccc4)c1)c1cc([Si](c4ccccc4)(c4ccccc4)c4cccc(-c5ccccc5)c4)ccc1B3c1ccc([Si](c3ccccc3)(c3ccccc3)c3cccc(-c4ccccc4)c3)cc1S2. The Hall–Kier alpha value is -10.3. The van der Waals surface area contributed by atoms with Crippen molar-refractivity contribution in [2.45, 2.75) is 36.0 Å². The Labute approximate surface area is 554 Å². The lowest BCUT2D eigenvalue weighted by atomic mass is 9.35. The summed E-state index contributed by atoms with van der Waals surface area (Å²) in [5, 5.41) is 10.8. The van der Waals surface area contributed by atoms with Crippen LogP contribution in [0.5, 0.6) is 0 Å². The number of hydrogen-bond acceptors (Lipinski definition) is 2. The summed E-state index contributed by atoms with van der Waals surface area (Å²) in [4.78, 5) is 5.29. The van der Waals surface area contributed by atoms with Crippen LogP contribution in [0.25, 0.3) is 44.5 Å². The van der Waals surface area contributed by atoms with Crippen molar-refractivity contribution in [3.8, 4) is 44.5 Å². The molecule has 93 heavy (non-hydrogen) atoms. The molecule has 5 heteroatoms. The van der Waals surface area contributed by atoms with Gasteiger partial charge in [0.2, 0.25) is 6.71 Å². The fraction of sp³-hybridized carbons (Fsp3) is 0.0455. The van der Waals surface area contributed by atoms with Crippen molar-refractivity contribution >= 4 is 110 Å². The van der Waals surface area contributed by atoms with Crippen LogP contribution in [-0.4, -0.2) is 22.9 Å². The summed E-state index contributed by atoms with van der Waals surface area (Å²) in [6, 6.07) is 136. The maximum absolute atomic E-state index is 3.19. The predicted octanol–water partition coefficient (Wildman–Crippen LogP) is 15.2. The van der Waals surface area contributed by atoms with Crippen LogP contribution < -0.4 is 62.8 Å². The predicted molar refractivity (Wildman–Crippen MR) is 404 cm³/mol. The van der Waals surface area contributed by atoms with Gasteiger partial charge in [-0.25, -0.2) is 0 Å². The Balaban J connectivity index is 0.997. The van der Waals surface area contributed by atoms with Gasteiger partial charge in [0.25, 0.3) is 0 Å². The standard InChI is InChI=1S/C88H68BNSSi2/c1-88(2,3)71-59-84-87-86(60-71)91-85-62-80(93(75-44-24-10-25-45-75,76-46-26-11-27-47-76)78-49-29-39-68(58-78)64-32-14-5-15-33-64)51-53-82(85)89(87)81-52-50-79(61-83(81)90(84)72-55-69(65-34-16-6-17-35-65)54-70(56-72)66-36-18-7-19-37-66)92(73-40-20-8-21-41-73,74-42-22-9-23-43-74)77-48-28-38-67(57-77)63-30-12-4-13-31-63/h4-62H,1-3H3. The number of benzene rings is 14. The van der Waals surface area contributed by atoms with Crippen molar-refractivity contribution in [1.29, 1.82) is 0 Å². The van der Waals surface area contributed by atoms with Gasteiger partial charge in [0, 0.05) is 26.9 Å². The Bertz CT molecular complexity index is 4890. The van der Waals surface area contributed by atoms with E-state index in [0.717, 1.165) is 5.69 Å². The first-order valence-corrected chi connectivity index (χ1v) is 37.3. The van der Waals surface area contributed by atoms with E-state index in [-0.39, 0.29) is 12.1 Å². The first-order valence-electron chi connectivity index (χ1n) is 32.5. The van der Waals surface area contributed by atoms with Crippen molar-refractivity contribution in [3.05, 3.63) is 363 Å². The molecule has 16 rings (SSSR count). The highest BCUT2D eigenvalue weighted by Crippen LogP contribution is 2.46. The van der Waals surface area contributed by atoms with E-state index in [0.29, 0.717) is 0 Å². The zero-order valence-corrected chi connectivity index (χ0v) is 55.3. The van der Waals surface area contributed by atoms with Crippen LogP contribution in [0.2, 0.25) is 0 Å². The molecule has 2 heterocycles. The highest BCUT2D eigenvalue weighted by Gasteiger charge is 2.48. The van der Waals surface area contributed by atoms with Gasteiger partial charge < -0.3 is 4.90 Å². The number of nitrogens with zero attached hydrogens (tertiary/aromatic N) is 1. The average Bonchev–Trinajstić information content (AvgIpc) is 0.707. The van der Waals surface area contributed by atoms with Gasteiger partial charge in [0.15, 0.2) is 16.1 Å². The Morgan fingerprint density at radius 3 is 1.04 bits per heavy atom. The molecule has 0 saturated carbocycles. The molecule has 0 fully saturated rings. The molecule has 442 valence electrons. The largest absolute Gasteiger partial charge is 0.311 e. The van der Waals surface area contributed by atoms with Crippen LogP contribution in [0, 0.1) is 0 Å². The number of anilines is 3. The van der Waals surface area contributed by atoms with Crippen LogP contribution in [0.15, 0.2) is 368 Å². The normalized spacial score (nSPS) is 12.6. The average molecular weight is 1240 g/mol. The maximum Gasteiger partial charge on any atom is 0.249 e. The van der Waals surface area contributed by atoms with Gasteiger partial charge in [0.05, 0.1) is 0 Å². The fourth-order valence-corrected chi connectivity index (χ4v) is 26.1. The summed E-state index contributed by atoms with van der Waals surface area (Å²) in [6.07, 6.45) is 0. The highest BCUT2D eigenvalue weighted by molar-refractivity contribution is 8.00. The first-order chi connectivity index (χ1) is 45.7. The zero-order valence-electron chi connectivity index (χ0n) is 52.5. The van der Waals surface area contributed by atoms with E-state index in [4.69, 9.17) is 0 Å². The second kappa shape index (κ2) is 24.1. The van der Waals surface area contributed by atoms with Crippen LogP contribution in [-0.2, 0) is 5.41 Å². The fourth-order valence-electron chi connectivity index (χ4n) is 15.1. The molecule has 0 amide bonds. The summed E-state index contributed by atoms with van der Waals surface area (Å²) in [5.41, 5.74) is 18.2. The molecule has 0 spiro atoms. The second-order valence-electron chi connectivity index (χ2n) is 25.9. The molecule has 14 aromatic carbocycles. The molecule has 0 N–H and O–H groups in total. The van der Waals surface area contributed by atoms with Crippen molar-refractivity contribution in [1.82, 2.24) is 0 Å². The summed E-state index contributed by atoms with van der Waals surface area (Å²) in [5.74, 6) is 0. The van der Waals surface area contributed by atoms with Gasteiger partial charge in [-0.05, 0) is 150 Å². The van der Waals surface area contributed by atoms with Crippen molar-refractivity contribution < 1.29 is 0 Å². The Morgan fingerprint density at radius 1 is 0.269 bits per heavy atom. The molecule has 0 unspecified atom stereocenters. The van der Waals surface area contributed by atoms with E-state index < -0.39 is 16.1 Å². The molecular weight excluding hydrogens is 1170 g/mol. The molecule has 0 aliphatic carbocycles. The third kappa shape index (κ3) is 10.2. The van der Waals surface area contributed by atoms with Crippen LogP contribution in [0.1, 0.15) is 26.3 Å². The minimum atomic E-state index is -3.19. The number of hydrogen-bond donors (Lipinski definition) is 0. The molecule has 0 saturated heterocycles. The van der Waals surface area contributed by atoms with E-state index in [1.54, 1.807) is 0 Å². The van der Waals surface area contributed by atoms with E-state index in [9.17, 15) is 0 Å². The topological polar surface area (TPSA) is 3.24 Å². The van der Waals surface area contributed by atoms with Crippen LogP contribution >= 0.6 is 11.8 Å². The first kappa shape index (κ1) is 57.9. The lowest BCUT2D eigenvalue weighted by Crippen LogP contribution is -2.75. The van der Waals surface area contributed by atoms with E-state index in [1.807, 2.05) is 11.8 Å². The van der Waals surface area contributed by atoms with Gasteiger partial charge in [-0.1, -0.05) is 353 Å². The third-order valence-electron chi connectivity index (χ3n) is 19.5. The second-order valence-corrected chi connectivity index (χ2v) is 34.6. The van der Waals surface area contributed by atoms with Gasteiger partial charge >= 0.3 is 0 Å². The van der Waals surface area contributed by atoms with Crippen molar-refractivity contribution in [3.63, 3.8) is 0 Å². The molecule has 0 aromatic heterocycles. The number of fused-ring (bicyclic) bond motifs is 4. The minimum absolute atomic E-state index is 0.0858. The molecular formula is C88H68BNSSi2. The van der Waals surface area contributed by atoms with Crippen molar-refractivity contribution in [2.24, 2.45) is 0 Å².